The standard InChI is InChI=1S/C12H19NO4S/c1-17-12(16)9-6-8(14)7-13(9)11(15)10-4-2-3-5-18-10/h8-10,14H,2-7H2,1H3. The molecule has 1 N–H and O–H groups in total. The molecule has 2 saturated heterocycles. The van der Waals surface area contributed by atoms with Gasteiger partial charge in [-0.2, -0.15) is 0 Å². The zero-order valence-corrected chi connectivity index (χ0v) is 11.3. The van der Waals surface area contributed by atoms with Gasteiger partial charge in [-0.3, -0.25) is 4.79 Å². The van der Waals surface area contributed by atoms with Gasteiger partial charge in [0.2, 0.25) is 5.91 Å². The number of ether oxygens (including phenoxy) is 1. The maximum absolute atomic E-state index is 12.4. The Morgan fingerprint density at radius 2 is 2.17 bits per heavy atom. The third-order valence-electron chi connectivity index (χ3n) is 3.49. The van der Waals surface area contributed by atoms with E-state index in [1.165, 1.54) is 12.0 Å². The molecule has 0 aliphatic carbocycles. The summed E-state index contributed by atoms with van der Waals surface area (Å²) < 4.78 is 4.70. The third-order valence-corrected chi connectivity index (χ3v) is 4.85. The molecule has 0 radical (unpaired) electrons. The molecule has 1 amide bonds. The number of carbonyl (C=O) groups excluding carboxylic acids is 2. The summed E-state index contributed by atoms with van der Waals surface area (Å²) in [4.78, 5) is 25.5. The number of β-amino-alcohol motifs (C(OH)–C–C–N with tert-alkyl or cyclic N) is 1. The highest BCUT2D eigenvalue weighted by Gasteiger charge is 2.41. The van der Waals surface area contributed by atoms with Gasteiger partial charge < -0.3 is 14.7 Å². The zero-order chi connectivity index (χ0) is 13.1. The Labute approximate surface area is 111 Å². The predicted molar refractivity (Wildman–Crippen MR) is 68.2 cm³/mol. The van der Waals surface area contributed by atoms with Gasteiger partial charge in [0.15, 0.2) is 0 Å². The minimum absolute atomic E-state index is 0.0216. The van der Waals surface area contributed by atoms with Crippen LogP contribution >= 0.6 is 11.8 Å². The average molecular weight is 273 g/mol. The molecular formula is C12H19NO4S. The topological polar surface area (TPSA) is 66.8 Å². The van der Waals surface area contributed by atoms with Gasteiger partial charge in [0.05, 0.1) is 18.5 Å². The first kappa shape index (κ1) is 13.7. The highest BCUT2D eigenvalue weighted by molar-refractivity contribution is 8.00. The summed E-state index contributed by atoms with van der Waals surface area (Å²) in [5.74, 6) is 0.544. The molecule has 0 aromatic carbocycles. The fourth-order valence-electron chi connectivity index (χ4n) is 2.54. The van der Waals surface area contributed by atoms with Crippen molar-refractivity contribution in [3.05, 3.63) is 0 Å². The lowest BCUT2D eigenvalue weighted by molar-refractivity contribution is -0.150. The first-order chi connectivity index (χ1) is 8.63. The van der Waals surface area contributed by atoms with Crippen LogP contribution in [-0.2, 0) is 14.3 Å². The molecule has 0 bridgehead atoms. The van der Waals surface area contributed by atoms with Gasteiger partial charge in [-0.15, -0.1) is 11.8 Å². The largest absolute Gasteiger partial charge is 0.467 e. The third kappa shape index (κ3) is 2.80. The number of likely N-dealkylation sites (tertiary alicyclic amines) is 1. The SMILES string of the molecule is COC(=O)C1CC(O)CN1C(=O)C1CCCCS1. The number of hydrogen-bond donors (Lipinski definition) is 1. The molecule has 0 spiro atoms. The lowest BCUT2D eigenvalue weighted by atomic mass is 10.1. The van der Waals surface area contributed by atoms with Gasteiger partial charge in [0, 0.05) is 13.0 Å². The van der Waals surface area contributed by atoms with Crippen LogP contribution in [-0.4, -0.2) is 58.7 Å². The van der Waals surface area contributed by atoms with E-state index in [9.17, 15) is 14.7 Å². The van der Waals surface area contributed by atoms with Crippen LogP contribution in [0.5, 0.6) is 0 Å². The molecule has 2 fully saturated rings. The van der Waals surface area contributed by atoms with E-state index in [1.54, 1.807) is 11.8 Å². The van der Waals surface area contributed by atoms with Crippen LogP contribution in [0.3, 0.4) is 0 Å². The number of aliphatic hydroxyl groups excluding tert-OH is 1. The Morgan fingerprint density at radius 1 is 1.39 bits per heavy atom. The van der Waals surface area contributed by atoms with Gasteiger partial charge in [-0.1, -0.05) is 6.42 Å². The van der Waals surface area contributed by atoms with Gasteiger partial charge in [0.25, 0.3) is 0 Å². The van der Waals surface area contributed by atoms with Crippen LogP contribution in [0.4, 0.5) is 0 Å². The molecule has 2 aliphatic heterocycles. The second kappa shape index (κ2) is 5.93. The second-order valence-corrected chi connectivity index (χ2v) is 6.08. The van der Waals surface area contributed by atoms with Crippen LogP contribution in [0.2, 0.25) is 0 Å². The Balaban J connectivity index is 2.04. The van der Waals surface area contributed by atoms with Crippen LogP contribution < -0.4 is 0 Å². The molecule has 0 saturated carbocycles. The molecule has 2 aliphatic rings. The summed E-state index contributed by atoms with van der Waals surface area (Å²) in [6.45, 7) is 0.246. The number of aliphatic hydroxyl groups is 1. The van der Waals surface area contributed by atoms with Gasteiger partial charge >= 0.3 is 5.97 Å². The molecule has 6 heteroatoms. The van der Waals surface area contributed by atoms with Gasteiger partial charge in [-0.05, 0) is 18.6 Å². The summed E-state index contributed by atoms with van der Waals surface area (Å²) in [5.41, 5.74) is 0. The van der Waals surface area contributed by atoms with E-state index >= 15 is 0 Å². The molecule has 3 unspecified atom stereocenters. The second-order valence-electron chi connectivity index (χ2n) is 4.77. The quantitative estimate of drug-likeness (QED) is 0.738. The van der Waals surface area contributed by atoms with Crippen molar-refractivity contribution in [2.24, 2.45) is 0 Å². The molecule has 102 valence electrons. The summed E-state index contributed by atoms with van der Waals surface area (Å²) >= 11 is 1.66. The summed E-state index contributed by atoms with van der Waals surface area (Å²) in [6.07, 6.45) is 2.74. The number of esters is 1. The summed E-state index contributed by atoms with van der Waals surface area (Å²) in [6, 6.07) is -0.611. The average Bonchev–Trinajstić information content (AvgIpc) is 2.80. The van der Waals surface area contributed by atoms with Crippen LogP contribution in [0, 0.1) is 0 Å². The smallest absolute Gasteiger partial charge is 0.328 e. The number of carbonyl (C=O) groups is 2. The minimum atomic E-state index is -0.619. The van der Waals surface area contributed by atoms with E-state index < -0.39 is 18.1 Å². The van der Waals surface area contributed by atoms with Gasteiger partial charge in [-0.25, -0.2) is 4.79 Å². The van der Waals surface area contributed by atoms with E-state index in [0.29, 0.717) is 0 Å². The van der Waals surface area contributed by atoms with Crippen molar-refractivity contribution in [3.8, 4) is 0 Å². The van der Waals surface area contributed by atoms with Crippen LogP contribution in [0.25, 0.3) is 0 Å². The van der Waals surface area contributed by atoms with E-state index in [1.807, 2.05) is 0 Å². The molecule has 0 aromatic heterocycles. The first-order valence-electron chi connectivity index (χ1n) is 6.31. The van der Waals surface area contributed by atoms with Crippen molar-refractivity contribution in [1.29, 1.82) is 0 Å². The first-order valence-corrected chi connectivity index (χ1v) is 7.36. The minimum Gasteiger partial charge on any atom is -0.467 e. The van der Waals surface area contributed by atoms with Crippen molar-refractivity contribution in [1.82, 2.24) is 4.90 Å². The molecule has 2 heterocycles. The number of methoxy groups -OCH3 is 1. The Hall–Kier alpha value is -0.750. The lowest BCUT2D eigenvalue weighted by Crippen LogP contribution is -2.45. The maximum atomic E-state index is 12.4. The number of thioether (sulfide) groups is 1. The Morgan fingerprint density at radius 3 is 2.78 bits per heavy atom. The van der Waals surface area contributed by atoms with Crippen molar-refractivity contribution >= 4 is 23.6 Å². The van der Waals surface area contributed by atoms with E-state index in [-0.39, 0.29) is 24.1 Å². The maximum Gasteiger partial charge on any atom is 0.328 e. The molecule has 5 nitrogen and oxygen atoms in total. The Kier molecular flexibility index (Phi) is 4.50. The molecule has 3 atom stereocenters. The van der Waals surface area contributed by atoms with Crippen molar-refractivity contribution in [2.75, 3.05) is 19.4 Å². The fourth-order valence-corrected chi connectivity index (χ4v) is 3.80. The number of nitrogens with zero attached hydrogens (tertiary/aromatic N) is 1. The normalized spacial score (nSPS) is 32.3. The molecule has 0 aromatic rings. The summed E-state index contributed by atoms with van der Waals surface area (Å²) in [7, 11) is 1.31. The van der Waals surface area contributed by atoms with E-state index in [2.05, 4.69) is 0 Å². The van der Waals surface area contributed by atoms with E-state index in [0.717, 1.165) is 25.0 Å². The van der Waals surface area contributed by atoms with E-state index in [4.69, 9.17) is 4.74 Å². The molecule has 2 rings (SSSR count). The monoisotopic (exact) mass is 273 g/mol. The van der Waals surface area contributed by atoms with Crippen LogP contribution in [0.1, 0.15) is 25.7 Å². The van der Waals surface area contributed by atoms with Crippen LogP contribution in [0.15, 0.2) is 0 Å². The lowest BCUT2D eigenvalue weighted by Gasteiger charge is -2.28. The summed E-state index contributed by atoms with van der Waals surface area (Å²) in [5, 5.41) is 9.59. The molecular weight excluding hydrogens is 254 g/mol. The van der Waals surface area contributed by atoms with Crippen molar-refractivity contribution in [3.63, 3.8) is 0 Å². The number of hydrogen-bond acceptors (Lipinski definition) is 5. The van der Waals surface area contributed by atoms with Crippen molar-refractivity contribution < 1.29 is 19.4 Å². The highest BCUT2D eigenvalue weighted by atomic mass is 32.2. The van der Waals surface area contributed by atoms with Crippen molar-refractivity contribution in [2.45, 2.75) is 43.1 Å². The van der Waals surface area contributed by atoms with Gasteiger partial charge in [0.1, 0.15) is 6.04 Å². The fraction of sp³-hybridized carbons (Fsp3) is 0.833. The number of amides is 1. The molecule has 18 heavy (non-hydrogen) atoms. The predicted octanol–water partition coefficient (Wildman–Crippen LogP) is 0.407. The zero-order valence-electron chi connectivity index (χ0n) is 10.5. The Bertz CT molecular complexity index is 330. The highest BCUT2D eigenvalue weighted by Crippen LogP contribution is 2.29. The number of rotatable bonds is 2.